The van der Waals surface area contributed by atoms with Crippen molar-refractivity contribution in [1.82, 2.24) is 10.1 Å². The zero-order chi connectivity index (χ0) is 14.8. The van der Waals surface area contributed by atoms with E-state index in [2.05, 4.69) is 17.1 Å². The van der Waals surface area contributed by atoms with E-state index in [9.17, 15) is 9.90 Å². The SMILES string of the molecule is CCC1CCC(c2noc([C@@H]3CC=CC[C@@H]3C(=O)O)n2)C1. The van der Waals surface area contributed by atoms with Crippen LogP contribution in [0.2, 0.25) is 0 Å². The highest BCUT2D eigenvalue weighted by molar-refractivity contribution is 5.71. The van der Waals surface area contributed by atoms with Crippen molar-refractivity contribution in [3.63, 3.8) is 0 Å². The summed E-state index contributed by atoms with van der Waals surface area (Å²) in [5.41, 5.74) is 0. The first kappa shape index (κ1) is 14.3. The summed E-state index contributed by atoms with van der Waals surface area (Å²) in [6.07, 6.45) is 9.82. The molecule has 2 unspecified atom stereocenters. The highest BCUT2D eigenvalue weighted by Gasteiger charge is 2.35. The third-order valence-corrected chi connectivity index (χ3v) is 5.01. The van der Waals surface area contributed by atoms with Gasteiger partial charge in [0, 0.05) is 5.92 Å². The Balaban J connectivity index is 1.75. The van der Waals surface area contributed by atoms with E-state index in [1.807, 2.05) is 12.2 Å². The molecule has 1 saturated carbocycles. The normalized spacial score (nSPS) is 32.4. The molecular weight excluding hydrogens is 268 g/mol. The van der Waals surface area contributed by atoms with Gasteiger partial charge in [0.05, 0.1) is 11.8 Å². The summed E-state index contributed by atoms with van der Waals surface area (Å²) in [6, 6.07) is 0. The lowest BCUT2D eigenvalue weighted by Crippen LogP contribution is -2.23. The molecule has 1 aromatic heterocycles. The average Bonchev–Trinajstić information content (AvgIpc) is 3.16. The zero-order valence-electron chi connectivity index (χ0n) is 12.4. The van der Waals surface area contributed by atoms with Gasteiger partial charge in [-0.05, 0) is 38.0 Å². The molecule has 2 aliphatic rings. The van der Waals surface area contributed by atoms with Gasteiger partial charge in [0.25, 0.3) is 0 Å². The molecule has 21 heavy (non-hydrogen) atoms. The Morgan fingerprint density at radius 2 is 2.19 bits per heavy atom. The van der Waals surface area contributed by atoms with Gasteiger partial charge < -0.3 is 9.63 Å². The molecule has 0 saturated heterocycles. The quantitative estimate of drug-likeness (QED) is 0.859. The minimum Gasteiger partial charge on any atom is -0.481 e. The number of aromatic nitrogens is 2. The average molecular weight is 290 g/mol. The lowest BCUT2D eigenvalue weighted by molar-refractivity contribution is -0.142. The van der Waals surface area contributed by atoms with E-state index >= 15 is 0 Å². The molecule has 1 aromatic rings. The number of aliphatic carboxylic acids is 1. The van der Waals surface area contributed by atoms with Gasteiger partial charge in [0.1, 0.15) is 0 Å². The number of allylic oxidation sites excluding steroid dienone is 2. The maximum atomic E-state index is 11.4. The van der Waals surface area contributed by atoms with E-state index in [1.165, 1.54) is 12.8 Å². The van der Waals surface area contributed by atoms with Crippen LogP contribution < -0.4 is 0 Å². The molecule has 1 fully saturated rings. The first-order chi connectivity index (χ1) is 10.2. The van der Waals surface area contributed by atoms with Crippen molar-refractivity contribution in [2.75, 3.05) is 0 Å². The summed E-state index contributed by atoms with van der Waals surface area (Å²) in [6.45, 7) is 2.22. The molecule has 0 aromatic carbocycles. The number of hydrogen-bond donors (Lipinski definition) is 1. The molecule has 1 heterocycles. The molecule has 1 N–H and O–H groups in total. The van der Waals surface area contributed by atoms with Gasteiger partial charge in [-0.25, -0.2) is 0 Å². The lowest BCUT2D eigenvalue weighted by atomic mass is 9.83. The van der Waals surface area contributed by atoms with E-state index < -0.39 is 11.9 Å². The Hall–Kier alpha value is -1.65. The topological polar surface area (TPSA) is 76.2 Å². The highest BCUT2D eigenvalue weighted by atomic mass is 16.5. The van der Waals surface area contributed by atoms with Crippen LogP contribution in [-0.2, 0) is 4.79 Å². The Bertz CT molecular complexity index is 537. The highest BCUT2D eigenvalue weighted by Crippen LogP contribution is 2.40. The van der Waals surface area contributed by atoms with Gasteiger partial charge in [-0.15, -0.1) is 0 Å². The molecule has 0 amide bonds. The fraction of sp³-hybridized carbons (Fsp3) is 0.688. The van der Waals surface area contributed by atoms with Crippen LogP contribution in [0.4, 0.5) is 0 Å². The Morgan fingerprint density at radius 3 is 2.90 bits per heavy atom. The van der Waals surface area contributed by atoms with Crippen LogP contribution in [0.5, 0.6) is 0 Å². The van der Waals surface area contributed by atoms with Crippen molar-refractivity contribution in [1.29, 1.82) is 0 Å². The monoisotopic (exact) mass is 290 g/mol. The maximum absolute atomic E-state index is 11.4. The number of hydrogen-bond acceptors (Lipinski definition) is 4. The van der Waals surface area contributed by atoms with Crippen molar-refractivity contribution < 1.29 is 14.4 Å². The van der Waals surface area contributed by atoms with E-state index in [0.29, 0.717) is 24.7 Å². The molecule has 0 aliphatic heterocycles. The smallest absolute Gasteiger partial charge is 0.307 e. The lowest BCUT2D eigenvalue weighted by Gasteiger charge is -2.21. The standard InChI is InChI=1S/C16H22N2O3/c1-2-10-7-8-11(9-10)14-17-15(21-18-14)12-5-3-4-6-13(12)16(19)20/h3-4,10-13H,2,5-9H2,1H3,(H,19,20)/t10?,11?,12-,13+/m1/s1. The number of carbonyl (C=O) groups is 1. The number of carboxylic acids is 1. The molecular formula is C16H22N2O3. The third kappa shape index (κ3) is 2.87. The fourth-order valence-corrected chi connectivity index (χ4v) is 3.60. The van der Waals surface area contributed by atoms with Gasteiger partial charge >= 0.3 is 5.97 Å². The van der Waals surface area contributed by atoms with Crippen molar-refractivity contribution >= 4 is 5.97 Å². The predicted molar refractivity (Wildman–Crippen MR) is 76.9 cm³/mol. The summed E-state index contributed by atoms with van der Waals surface area (Å²) in [7, 11) is 0. The predicted octanol–water partition coefficient (Wildman–Crippen LogP) is 3.50. The number of nitrogens with zero attached hydrogens (tertiary/aromatic N) is 2. The maximum Gasteiger partial charge on any atom is 0.307 e. The van der Waals surface area contributed by atoms with Crippen molar-refractivity contribution in [2.45, 2.75) is 57.3 Å². The molecule has 5 nitrogen and oxygen atoms in total. The van der Waals surface area contributed by atoms with Gasteiger partial charge in [-0.3, -0.25) is 4.79 Å². The summed E-state index contributed by atoms with van der Waals surface area (Å²) in [4.78, 5) is 15.9. The van der Waals surface area contributed by atoms with Crippen LogP contribution in [0.3, 0.4) is 0 Å². The molecule has 0 radical (unpaired) electrons. The second-order valence-electron chi connectivity index (χ2n) is 6.27. The Kier molecular flexibility index (Phi) is 4.08. The van der Waals surface area contributed by atoms with E-state index in [-0.39, 0.29) is 5.92 Å². The Labute approximate surface area is 124 Å². The van der Waals surface area contributed by atoms with Crippen LogP contribution in [0.1, 0.15) is 69.0 Å². The second-order valence-corrected chi connectivity index (χ2v) is 6.27. The molecule has 114 valence electrons. The van der Waals surface area contributed by atoms with Crippen LogP contribution in [0.15, 0.2) is 16.7 Å². The molecule has 2 aliphatic carbocycles. The Morgan fingerprint density at radius 1 is 1.38 bits per heavy atom. The molecule has 3 rings (SSSR count). The van der Waals surface area contributed by atoms with Crippen LogP contribution >= 0.6 is 0 Å². The summed E-state index contributed by atoms with van der Waals surface area (Å²) < 4.78 is 5.41. The van der Waals surface area contributed by atoms with Gasteiger partial charge in [-0.2, -0.15) is 4.98 Å². The van der Waals surface area contributed by atoms with Crippen LogP contribution in [-0.4, -0.2) is 21.2 Å². The third-order valence-electron chi connectivity index (χ3n) is 5.01. The van der Waals surface area contributed by atoms with Crippen molar-refractivity contribution in [3.05, 3.63) is 23.9 Å². The van der Waals surface area contributed by atoms with Crippen LogP contribution in [0, 0.1) is 11.8 Å². The number of rotatable bonds is 4. The van der Waals surface area contributed by atoms with E-state index in [0.717, 1.165) is 24.6 Å². The second kappa shape index (κ2) is 6.00. The summed E-state index contributed by atoms with van der Waals surface area (Å²) >= 11 is 0. The van der Waals surface area contributed by atoms with Crippen molar-refractivity contribution in [3.8, 4) is 0 Å². The van der Waals surface area contributed by atoms with Gasteiger partial charge in [0.2, 0.25) is 5.89 Å². The number of carboxylic acid groups (broad SMARTS) is 1. The minimum absolute atomic E-state index is 0.183. The molecule has 0 bridgehead atoms. The molecule has 0 spiro atoms. The fourth-order valence-electron chi connectivity index (χ4n) is 3.60. The van der Waals surface area contributed by atoms with E-state index in [4.69, 9.17) is 4.52 Å². The van der Waals surface area contributed by atoms with E-state index in [1.54, 1.807) is 0 Å². The summed E-state index contributed by atoms with van der Waals surface area (Å²) in [5.74, 6) is 1.01. The molecule has 5 heteroatoms. The molecule has 4 atom stereocenters. The van der Waals surface area contributed by atoms with Gasteiger partial charge in [0.15, 0.2) is 5.82 Å². The first-order valence-electron chi connectivity index (χ1n) is 7.90. The minimum atomic E-state index is -0.781. The van der Waals surface area contributed by atoms with Gasteiger partial charge in [-0.1, -0.05) is 30.7 Å². The van der Waals surface area contributed by atoms with Crippen LogP contribution in [0.25, 0.3) is 0 Å². The largest absolute Gasteiger partial charge is 0.481 e. The zero-order valence-corrected chi connectivity index (χ0v) is 12.4. The first-order valence-corrected chi connectivity index (χ1v) is 7.90. The van der Waals surface area contributed by atoms with Crippen molar-refractivity contribution in [2.24, 2.45) is 11.8 Å². The summed E-state index contributed by atoms with van der Waals surface area (Å²) in [5, 5.41) is 13.5.